The number of halogens is 3. The molecule has 170 valence electrons. The molecule has 0 atom stereocenters. The maximum Gasteiger partial charge on any atom is 0.329 e. The van der Waals surface area contributed by atoms with Crippen LogP contribution in [0.2, 0.25) is 0 Å². The van der Waals surface area contributed by atoms with Crippen LogP contribution in [0.4, 0.5) is 10.1 Å². The first-order valence-corrected chi connectivity index (χ1v) is 11.1. The van der Waals surface area contributed by atoms with E-state index in [1.807, 2.05) is 30.3 Å². The number of anilines is 1. The van der Waals surface area contributed by atoms with Crippen LogP contribution in [0.3, 0.4) is 0 Å². The molecule has 0 aliphatic heterocycles. The zero-order chi connectivity index (χ0) is 23.8. The van der Waals surface area contributed by atoms with E-state index >= 15 is 0 Å². The van der Waals surface area contributed by atoms with E-state index in [1.54, 1.807) is 12.1 Å². The van der Waals surface area contributed by atoms with Gasteiger partial charge in [-0.3, -0.25) is 9.59 Å². The quantitative estimate of drug-likeness (QED) is 0.234. The van der Waals surface area contributed by atoms with Crippen LogP contribution < -0.4 is 20.2 Å². The summed E-state index contributed by atoms with van der Waals surface area (Å²) in [5.74, 6) is -1.82. The normalized spacial score (nSPS) is 10.7. The molecule has 0 saturated carbocycles. The van der Waals surface area contributed by atoms with Crippen molar-refractivity contribution in [2.75, 3.05) is 12.4 Å². The summed E-state index contributed by atoms with van der Waals surface area (Å²) >= 11 is 6.56. The van der Waals surface area contributed by atoms with E-state index in [2.05, 4.69) is 47.7 Å². The summed E-state index contributed by atoms with van der Waals surface area (Å²) in [4.78, 5) is 23.9. The molecule has 7 nitrogen and oxygen atoms in total. The van der Waals surface area contributed by atoms with Crippen LogP contribution in [0.1, 0.15) is 11.1 Å². The summed E-state index contributed by atoms with van der Waals surface area (Å²) in [6, 6.07) is 17.1. The summed E-state index contributed by atoms with van der Waals surface area (Å²) in [7, 11) is 1.51. The van der Waals surface area contributed by atoms with Gasteiger partial charge in [0.15, 0.2) is 11.5 Å². The Morgan fingerprint density at radius 3 is 2.52 bits per heavy atom. The van der Waals surface area contributed by atoms with Gasteiger partial charge >= 0.3 is 11.8 Å². The van der Waals surface area contributed by atoms with Crippen molar-refractivity contribution in [2.45, 2.75) is 6.61 Å². The summed E-state index contributed by atoms with van der Waals surface area (Å²) in [5, 5.41) is 5.96. The van der Waals surface area contributed by atoms with Gasteiger partial charge in [-0.2, -0.15) is 5.10 Å². The van der Waals surface area contributed by atoms with Gasteiger partial charge in [0.05, 0.1) is 23.5 Å². The molecular weight excluding hydrogens is 561 g/mol. The molecule has 0 saturated heterocycles. The average molecular weight is 579 g/mol. The van der Waals surface area contributed by atoms with Gasteiger partial charge < -0.3 is 14.8 Å². The standard InChI is InChI=1S/C23H18Br2FN3O4/c1-32-20-10-15(9-17(25)21(20)33-13-14-5-3-2-4-6-14)12-27-29-23(31)22(30)28-19-8-7-16(24)11-18(19)26/h2-12H,13H2,1H3,(H,28,30)(H,29,31)/b27-12+. The lowest BCUT2D eigenvalue weighted by atomic mass is 10.2. The average Bonchev–Trinajstić information content (AvgIpc) is 2.80. The number of hydrogen-bond donors (Lipinski definition) is 2. The van der Waals surface area contributed by atoms with Gasteiger partial charge in [0.25, 0.3) is 0 Å². The topological polar surface area (TPSA) is 89.0 Å². The molecule has 0 aromatic heterocycles. The Balaban J connectivity index is 1.62. The maximum absolute atomic E-state index is 13.8. The van der Waals surface area contributed by atoms with Crippen molar-refractivity contribution in [1.29, 1.82) is 0 Å². The lowest BCUT2D eigenvalue weighted by Gasteiger charge is -2.13. The molecule has 0 unspecified atom stereocenters. The first-order chi connectivity index (χ1) is 15.9. The van der Waals surface area contributed by atoms with E-state index < -0.39 is 17.6 Å². The molecule has 0 heterocycles. The van der Waals surface area contributed by atoms with Crippen LogP contribution >= 0.6 is 31.9 Å². The highest BCUT2D eigenvalue weighted by atomic mass is 79.9. The fourth-order valence-electron chi connectivity index (χ4n) is 2.67. The predicted octanol–water partition coefficient (Wildman–Crippen LogP) is 5.03. The van der Waals surface area contributed by atoms with Crippen molar-refractivity contribution < 1.29 is 23.5 Å². The number of carbonyl (C=O) groups excluding carboxylic acids is 2. The second-order valence-electron chi connectivity index (χ2n) is 6.59. The molecule has 0 bridgehead atoms. The molecule has 2 N–H and O–H groups in total. The lowest BCUT2D eigenvalue weighted by Crippen LogP contribution is -2.32. The minimum absolute atomic E-state index is 0.123. The van der Waals surface area contributed by atoms with Crippen LogP contribution in [-0.4, -0.2) is 25.1 Å². The Morgan fingerprint density at radius 1 is 1.06 bits per heavy atom. The third kappa shape index (κ3) is 6.87. The number of rotatable bonds is 7. The molecule has 3 rings (SSSR count). The van der Waals surface area contributed by atoms with E-state index in [1.165, 1.54) is 31.5 Å². The van der Waals surface area contributed by atoms with Crippen LogP contribution in [0.25, 0.3) is 0 Å². The largest absolute Gasteiger partial charge is 0.493 e. The first kappa shape index (κ1) is 24.4. The molecule has 33 heavy (non-hydrogen) atoms. The summed E-state index contributed by atoms with van der Waals surface area (Å²) in [6.07, 6.45) is 1.33. The molecule has 0 fully saturated rings. The highest BCUT2D eigenvalue weighted by Gasteiger charge is 2.15. The van der Waals surface area contributed by atoms with Crippen molar-refractivity contribution in [3.05, 3.63) is 86.6 Å². The van der Waals surface area contributed by atoms with Crippen LogP contribution in [0.15, 0.2) is 74.7 Å². The summed E-state index contributed by atoms with van der Waals surface area (Å²) < 4.78 is 26.2. The van der Waals surface area contributed by atoms with Gasteiger partial charge in [0, 0.05) is 4.47 Å². The molecule has 3 aromatic carbocycles. The number of ether oxygens (including phenoxy) is 2. The Hall–Kier alpha value is -3.24. The summed E-state index contributed by atoms with van der Waals surface area (Å²) in [5.41, 5.74) is 3.55. The minimum atomic E-state index is -1.06. The molecule has 0 radical (unpaired) electrons. The maximum atomic E-state index is 13.8. The smallest absolute Gasteiger partial charge is 0.329 e. The summed E-state index contributed by atoms with van der Waals surface area (Å²) in [6.45, 7) is 0.355. The monoisotopic (exact) mass is 577 g/mol. The molecule has 3 aromatic rings. The van der Waals surface area contributed by atoms with Gasteiger partial charge in [-0.05, 0) is 57.4 Å². The third-order valence-corrected chi connectivity index (χ3v) is 5.33. The van der Waals surface area contributed by atoms with E-state index in [0.717, 1.165) is 5.56 Å². The molecular formula is C23H18Br2FN3O4. The Morgan fingerprint density at radius 2 is 1.82 bits per heavy atom. The molecule has 2 amide bonds. The molecule has 0 aliphatic carbocycles. The fourth-order valence-corrected chi connectivity index (χ4v) is 3.58. The van der Waals surface area contributed by atoms with Gasteiger partial charge in [-0.1, -0.05) is 46.3 Å². The Bertz CT molecular complexity index is 1190. The molecule has 10 heteroatoms. The number of hydrogen-bond acceptors (Lipinski definition) is 5. The zero-order valence-corrected chi connectivity index (χ0v) is 20.4. The number of methoxy groups -OCH3 is 1. The van der Waals surface area contributed by atoms with Gasteiger partial charge in [-0.15, -0.1) is 0 Å². The van der Waals surface area contributed by atoms with Crippen LogP contribution in [0.5, 0.6) is 11.5 Å². The number of nitrogens with zero attached hydrogens (tertiary/aromatic N) is 1. The first-order valence-electron chi connectivity index (χ1n) is 9.51. The number of amides is 2. The van der Waals surface area contributed by atoms with Gasteiger partial charge in [-0.25, -0.2) is 9.82 Å². The highest BCUT2D eigenvalue weighted by molar-refractivity contribution is 9.10. The van der Waals surface area contributed by atoms with E-state index in [9.17, 15) is 14.0 Å². The van der Waals surface area contributed by atoms with Gasteiger partial charge in [0.1, 0.15) is 12.4 Å². The number of hydrazone groups is 1. The van der Waals surface area contributed by atoms with Crippen molar-refractivity contribution in [2.24, 2.45) is 5.10 Å². The van der Waals surface area contributed by atoms with Crippen molar-refractivity contribution in [1.82, 2.24) is 5.43 Å². The van der Waals surface area contributed by atoms with Crippen LogP contribution in [0, 0.1) is 5.82 Å². The number of nitrogens with one attached hydrogen (secondary N) is 2. The third-order valence-electron chi connectivity index (χ3n) is 4.24. The zero-order valence-electron chi connectivity index (χ0n) is 17.3. The van der Waals surface area contributed by atoms with E-state index in [0.29, 0.717) is 32.6 Å². The van der Waals surface area contributed by atoms with E-state index in [4.69, 9.17) is 9.47 Å². The second kappa shape index (κ2) is 11.6. The van der Waals surface area contributed by atoms with E-state index in [-0.39, 0.29) is 5.69 Å². The SMILES string of the molecule is COc1cc(/C=N/NC(=O)C(=O)Nc2ccc(Br)cc2F)cc(Br)c1OCc1ccccc1. The Labute approximate surface area is 206 Å². The lowest BCUT2D eigenvalue weighted by molar-refractivity contribution is -0.136. The van der Waals surface area contributed by atoms with Gasteiger partial charge in [0.2, 0.25) is 0 Å². The minimum Gasteiger partial charge on any atom is -0.493 e. The fraction of sp³-hybridized carbons (Fsp3) is 0.0870. The molecule has 0 aliphatic rings. The number of benzene rings is 3. The van der Waals surface area contributed by atoms with Crippen molar-refractivity contribution in [3.8, 4) is 11.5 Å². The molecule has 0 spiro atoms. The van der Waals surface area contributed by atoms with Crippen molar-refractivity contribution in [3.63, 3.8) is 0 Å². The Kier molecular flexibility index (Phi) is 8.56. The van der Waals surface area contributed by atoms with Crippen molar-refractivity contribution >= 4 is 55.6 Å². The predicted molar refractivity (Wildman–Crippen MR) is 130 cm³/mol. The second-order valence-corrected chi connectivity index (χ2v) is 8.36. The highest BCUT2D eigenvalue weighted by Crippen LogP contribution is 2.36. The number of carbonyl (C=O) groups is 2. The van der Waals surface area contributed by atoms with Crippen LogP contribution in [-0.2, 0) is 16.2 Å².